The highest BCUT2D eigenvalue weighted by molar-refractivity contribution is 7.89. The van der Waals surface area contributed by atoms with E-state index < -0.39 is 10.0 Å². The number of carbonyl (C=O) groups is 2. The van der Waals surface area contributed by atoms with E-state index in [2.05, 4.69) is 5.32 Å². The second-order valence-electron chi connectivity index (χ2n) is 6.58. The molecular weight excluding hydrogens is 346 g/mol. The first-order valence-electron chi connectivity index (χ1n) is 7.58. The van der Waals surface area contributed by atoms with Gasteiger partial charge in [-0.15, -0.1) is 0 Å². The monoisotopic (exact) mass is 371 g/mol. The zero-order chi connectivity index (χ0) is 19.4. The predicted molar refractivity (Wildman–Crippen MR) is 93.3 cm³/mol. The number of hydrogen-bond acceptors (Lipinski definition) is 5. The Hall–Kier alpha value is -1.97. The van der Waals surface area contributed by atoms with Crippen molar-refractivity contribution in [1.82, 2.24) is 14.7 Å². The third-order valence-corrected chi connectivity index (χ3v) is 4.93. The number of nitrogens with zero attached hydrogens (tertiary/aromatic N) is 2. The van der Waals surface area contributed by atoms with E-state index in [1.807, 2.05) is 20.8 Å². The third-order valence-electron chi connectivity index (χ3n) is 3.24. The summed E-state index contributed by atoms with van der Waals surface area (Å²) in [4.78, 5) is 30.2. The van der Waals surface area contributed by atoms with Crippen molar-refractivity contribution in [3.63, 3.8) is 0 Å². The van der Waals surface area contributed by atoms with Gasteiger partial charge in [0.1, 0.15) is 0 Å². The summed E-state index contributed by atoms with van der Waals surface area (Å²) < 4.78 is 24.9. The standard InChI is InChI=1S/C16H25N3O5S/c1-16(2,3)17-14(20)11-18(4)15(21)12-7-9-13(10-8-12)25(22,23)19(5)24-6/h7-10H,11H2,1-6H3,(H,17,20). The van der Waals surface area contributed by atoms with Crippen LogP contribution >= 0.6 is 0 Å². The van der Waals surface area contributed by atoms with Crippen LogP contribution in [0.1, 0.15) is 31.1 Å². The molecule has 0 fully saturated rings. The lowest BCUT2D eigenvalue weighted by atomic mass is 10.1. The van der Waals surface area contributed by atoms with E-state index >= 15 is 0 Å². The fourth-order valence-corrected chi connectivity index (χ4v) is 2.95. The number of sulfonamides is 1. The molecule has 0 bridgehead atoms. The number of benzene rings is 1. The fraction of sp³-hybridized carbons (Fsp3) is 0.500. The molecule has 0 atom stereocenters. The largest absolute Gasteiger partial charge is 0.350 e. The maximum absolute atomic E-state index is 12.4. The highest BCUT2D eigenvalue weighted by atomic mass is 32.2. The Morgan fingerprint density at radius 3 is 2.08 bits per heavy atom. The molecule has 9 heteroatoms. The molecule has 0 saturated heterocycles. The van der Waals surface area contributed by atoms with Crippen LogP contribution in [0.3, 0.4) is 0 Å². The van der Waals surface area contributed by atoms with Crippen LogP contribution in [-0.2, 0) is 19.7 Å². The van der Waals surface area contributed by atoms with Gasteiger partial charge in [0, 0.05) is 25.2 Å². The Morgan fingerprint density at radius 2 is 1.64 bits per heavy atom. The van der Waals surface area contributed by atoms with Crippen molar-refractivity contribution in [3.8, 4) is 0 Å². The topological polar surface area (TPSA) is 96.0 Å². The van der Waals surface area contributed by atoms with Crippen molar-refractivity contribution < 1.29 is 22.8 Å². The van der Waals surface area contributed by atoms with Crippen LogP contribution in [-0.4, -0.2) is 62.9 Å². The van der Waals surface area contributed by atoms with E-state index in [9.17, 15) is 18.0 Å². The van der Waals surface area contributed by atoms with Gasteiger partial charge in [-0.2, -0.15) is 0 Å². The van der Waals surface area contributed by atoms with Gasteiger partial charge in [-0.25, -0.2) is 8.42 Å². The first kappa shape index (κ1) is 21.1. The normalized spacial score (nSPS) is 12.1. The minimum absolute atomic E-state index is 0.00142. The fourth-order valence-electron chi connectivity index (χ4n) is 1.98. The van der Waals surface area contributed by atoms with E-state index in [1.54, 1.807) is 0 Å². The Balaban J connectivity index is 2.85. The van der Waals surface area contributed by atoms with E-state index in [0.29, 0.717) is 0 Å². The molecule has 0 unspecified atom stereocenters. The van der Waals surface area contributed by atoms with Crippen molar-refractivity contribution in [3.05, 3.63) is 29.8 Å². The number of likely N-dealkylation sites (N-methyl/N-ethyl adjacent to an activating group) is 1. The summed E-state index contributed by atoms with van der Waals surface area (Å²) in [6.07, 6.45) is 0. The second-order valence-corrected chi connectivity index (χ2v) is 8.52. The summed E-state index contributed by atoms with van der Waals surface area (Å²) in [6.45, 7) is 5.46. The molecule has 0 aliphatic heterocycles. The Morgan fingerprint density at radius 1 is 1.12 bits per heavy atom. The molecule has 0 heterocycles. The third kappa shape index (κ3) is 5.80. The molecule has 1 rings (SSSR count). The summed E-state index contributed by atoms with van der Waals surface area (Å²) in [7, 11) is 0.256. The van der Waals surface area contributed by atoms with Crippen LogP contribution < -0.4 is 5.32 Å². The maximum Gasteiger partial charge on any atom is 0.264 e. The molecule has 0 aliphatic carbocycles. The zero-order valence-corrected chi connectivity index (χ0v) is 16.2. The van der Waals surface area contributed by atoms with Crippen LogP contribution in [0.5, 0.6) is 0 Å². The molecule has 0 aliphatic rings. The molecule has 1 aromatic rings. The van der Waals surface area contributed by atoms with Crippen molar-refractivity contribution in [2.45, 2.75) is 31.2 Å². The zero-order valence-electron chi connectivity index (χ0n) is 15.4. The van der Waals surface area contributed by atoms with Crippen molar-refractivity contribution in [2.75, 3.05) is 27.7 Å². The molecular formula is C16H25N3O5S. The van der Waals surface area contributed by atoms with Gasteiger partial charge in [-0.05, 0) is 45.0 Å². The van der Waals surface area contributed by atoms with E-state index in [0.717, 1.165) is 4.47 Å². The molecule has 0 saturated carbocycles. The summed E-state index contributed by atoms with van der Waals surface area (Å²) in [5, 5.41) is 2.77. The van der Waals surface area contributed by atoms with Crippen LogP contribution in [0.25, 0.3) is 0 Å². The molecule has 140 valence electrons. The van der Waals surface area contributed by atoms with Gasteiger partial charge < -0.3 is 10.2 Å². The van der Waals surface area contributed by atoms with Gasteiger partial charge in [0.05, 0.1) is 18.6 Å². The van der Waals surface area contributed by atoms with E-state index in [4.69, 9.17) is 4.84 Å². The molecule has 2 amide bonds. The number of hydrogen-bond donors (Lipinski definition) is 1. The van der Waals surface area contributed by atoms with Crippen LogP contribution in [0.15, 0.2) is 29.2 Å². The maximum atomic E-state index is 12.4. The Labute approximate surface area is 148 Å². The average Bonchev–Trinajstić information content (AvgIpc) is 2.51. The molecule has 0 spiro atoms. The van der Waals surface area contributed by atoms with Gasteiger partial charge in [-0.3, -0.25) is 14.4 Å². The Bertz CT molecular complexity index is 723. The first-order valence-corrected chi connectivity index (χ1v) is 9.02. The lowest BCUT2D eigenvalue weighted by Crippen LogP contribution is -2.46. The van der Waals surface area contributed by atoms with Crippen molar-refractivity contribution in [2.24, 2.45) is 0 Å². The number of rotatable bonds is 6. The second kappa shape index (κ2) is 7.94. The Kier molecular flexibility index (Phi) is 6.69. The van der Waals surface area contributed by atoms with E-state index in [1.165, 1.54) is 50.4 Å². The minimum atomic E-state index is -3.77. The number of amides is 2. The number of carbonyl (C=O) groups excluding carboxylic acids is 2. The lowest BCUT2D eigenvalue weighted by Gasteiger charge is -2.23. The molecule has 1 N–H and O–H groups in total. The highest BCUT2D eigenvalue weighted by Gasteiger charge is 2.22. The van der Waals surface area contributed by atoms with Gasteiger partial charge >= 0.3 is 0 Å². The summed E-state index contributed by atoms with van der Waals surface area (Å²) >= 11 is 0. The van der Waals surface area contributed by atoms with Crippen molar-refractivity contribution >= 4 is 21.8 Å². The molecule has 0 aromatic heterocycles. The van der Waals surface area contributed by atoms with Gasteiger partial charge in [0.15, 0.2) is 0 Å². The summed E-state index contributed by atoms with van der Waals surface area (Å²) in [5.41, 5.74) is -0.102. The summed E-state index contributed by atoms with van der Waals surface area (Å²) in [6, 6.07) is 5.44. The highest BCUT2D eigenvalue weighted by Crippen LogP contribution is 2.16. The first-order chi connectivity index (χ1) is 11.4. The van der Waals surface area contributed by atoms with Crippen molar-refractivity contribution in [1.29, 1.82) is 0 Å². The molecule has 25 heavy (non-hydrogen) atoms. The number of nitrogens with one attached hydrogen (secondary N) is 1. The van der Waals surface area contributed by atoms with Crippen LogP contribution in [0, 0.1) is 0 Å². The average molecular weight is 371 g/mol. The van der Waals surface area contributed by atoms with E-state index in [-0.39, 0.29) is 34.4 Å². The predicted octanol–water partition coefficient (Wildman–Crippen LogP) is 0.855. The van der Waals surface area contributed by atoms with Gasteiger partial charge in [0.2, 0.25) is 5.91 Å². The minimum Gasteiger partial charge on any atom is -0.350 e. The van der Waals surface area contributed by atoms with Gasteiger partial charge in [0.25, 0.3) is 15.9 Å². The SMILES string of the molecule is CON(C)S(=O)(=O)c1ccc(C(=O)N(C)CC(=O)NC(C)(C)C)cc1. The quantitative estimate of drug-likeness (QED) is 0.748. The lowest BCUT2D eigenvalue weighted by molar-refractivity contribution is -0.122. The number of hydroxylamine groups is 1. The molecule has 0 radical (unpaired) electrons. The smallest absolute Gasteiger partial charge is 0.264 e. The van der Waals surface area contributed by atoms with Gasteiger partial charge in [-0.1, -0.05) is 4.47 Å². The van der Waals surface area contributed by atoms with Crippen LogP contribution in [0.2, 0.25) is 0 Å². The van der Waals surface area contributed by atoms with Crippen LogP contribution in [0.4, 0.5) is 0 Å². The molecule has 8 nitrogen and oxygen atoms in total. The summed E-state index contributed by atoms with van der Waals surface area (Å²) in [5.74, 6) is -0.655. The molecule has 1 aromatic carbocycles.